The molecule has 3 rings (SSSR count). The minimum Gasteiger partial charge on any atom is -0.483 e. The van der Waals surface area contributed by atoms with E-state index in [0.29, 0.717) is 12.0 Å². The van der Waals surface area contributed by atoms with Crippen LogP contribution in [0, 0.1) is 5.92 Å². The van der Waals surface area contributed by atoms with Crippen LogP contribution in [0.1, 0.15) is 43.2 Å². The number of alkyl halides is 6. The molecule has 1 atom stereocenters. The molecule has 10 heteroatoms. The summed E-state index contributed by atoms with van der Waals surface area (Å²) in [6.45, 7) is 0.144. The Balaban J connectivity index is 2.07. The smallest absolute Gasteiger partial charge is 0.422 e. The third-order valence-electron chi connectivity index (χ3n) is 5.22. The summed E-state index contributed by atoms with van der Waals surface area (Å²) in [6, 6.07) is 6.80. The highest BCUT2D eigenvalue weighted by Crippen LogP contribution is 2.44. The Morgan fingerprint density at radius 3 is 2.24 bits per heavy atom. The van der Waals surface area contributed by atoms with E-state index < -0.39 is 36.4 Å². The predicted molar refractivity (Wildman–Crippen MR) is 110 cm³/mol. The largest absolute Gasteiger partial charge is 0.483 e. The van der Waals surface area contributed by atoms with Crippen molar-refractivity contribution in [1.29, 1.82) is 0 Å². The van der Waals surface area contributed by atoms with Gasteiger partial charge in [-0.1, -0.05) is 36.6 Å². The van der Waals surface area contributed by atoms with Gasteiger partial charge in [0.05, 0.1) is 23.1 Å². The maximum Gasteiger partial charge on any atom is 0.422 e. The molecule has 2 aromatic carbocycles. The van der Waals surface area contributed by atoms with Crippen LogP contribution in [0.2, 0.25) is 5.02 Å². The zero-order valence-electron chi connectivity index (χ0n) is 17.5. The fourth-order valence-corrected chi connectivity index (χ4v) is 3.70. The minimum atomic E-state index is -4.64. The molecule has 0 saturated heterocycles. The number of ether oxygens (including phenoxy) is 2. The van der Waals surface area contributed by atoms with Gasteiger partial charge in [-0.2, -0.15) is 26.3 Å². The molecular formula is C23H21ClF6O3. The highest BCUT2D eigenvalue weighted by molar-refractivity contribution is 6.34. The first-order valence-electron chi connectivity index (χ1n) is 10.3. The number of hydrogen-bond donors (Lipinski definition) is 0. The Kier molecular flexibility index (Phi) is 7.51. The molecule has 0 N–H and O–H groups in total. The molecule has 180 valence electrons. The molecule has 0 heterocycles. The van der Waals surface area contributed by atoms with Gasteiger partial charge in [0.1, 0.15) is 5.75 Å². The fraction of sp³-hybridized carbons (Fsp3) is 0.435. The second kappa shape index (κ2) is 9.83. The van der Waals surface area contributed by atoms with Crippen LogP contribution in [-0.4, -0.2) is 25.4 Å². The molecule has 2 aromatic rings. The van der Waals surface area contributed by atoms with Gasteiger partial charge in [0, 0.05) is 5.56 Å². The molecule has 0 aromatic heterocycles. The van der Waals surface area contributed by atoms with Crippen LogP contribution in [0.25, 0.3) is 11.1 Å². The molecule has 0 radical (unpaired) electrons. The number of hydrogen-bond acceptors (Lipinski definition) is 3. The molecule has 1 saturated carbocycles. The number of esters is 1. The van der Waals surface area contributed by atoms with Gasteiger partial charge in [-0.05, 0) is 54.7 Å². The van der Waals surface area contributed by atoms with Crippen molar-refractivity contribution in [2.75, 3.05) is 13.2 Å². The van der Waals surface area contributed by atoms with Gasteiger partial charge in [0.15, 0.2) is 6.61 Å². The van der Waals surface area contributed by atoms with Gasteiger partial charge in [0.2, 0.25) is 0 Å². The number of rotatable bonds is 8. The average Bonchev–Trinajstić information content (AvgIpc) is 3.55. The second-order valence-electron chi connectivity index (χ2n) is 7.84. The van der Waals surface area contributed by atoms with Crippen molar-refractivity contribution >= 4 is 17.6 Å². The lowest BCUT2D eigenvalue weighted by Crippen LogP contribution is -2.20. The molecular weight excluding hydrogens is 474 g/mol. The summed E-state index contributed by atoms with van der Waals surface area (Å²) in [5.74, 6) is -1.33. The van der Waals surface area contributed by atoms with E-state index in [-0.39, 0.29) is 34.4 Å². The minimum absolute atomic E-state index is 0.122. The van der Waals surface area contributed by atoms with E-state index in [4.69, 9.17) is 21.1 Å². The van der Waals surface area contributed by atoms with Crippen molar-refractivity contribution in [3.63, 3.8) is 0 Å². The van der Waals surface area contributed by atoms with Crippen molar-refractivity contribution in [2.45, 2.75) is 44.5 Å². The second-order valence-corrected chi connectivity index (χ2v) is 8.22. The zero-order chi connectivity index (χ0) is 24.4. The lowest BCUT2D eigenvalue weighted by Gasteiger charge is -2.20. The van der Waals surface area contributed by atoms with Crippen molar-refractivity contribution in [3.05, 3.63) is 52.5 Å². The van der Waals surface area contributed by atoms with Crippen LogP contribution < -0.4 is 4.74 Å². The van der Waals surface area contributed by atoms with Gasteiger partial charge < -0.3 is 9.47 Å². The Bertz CT molecular complexity index is 981. The van der Waals surface area contributed by atoms with Gasteiger partial charge in [-0.15, -0.1) is 0 Å². The van der Waals surface area contributed by atoms with Crippen LogP contribution in [-0.2, 0) is 15.7 Å². The lowest BCUT2D eigenvalue weighted by atomic mass is 9.90. The van der Waals surface area contributed by atoms with Crippen LogP contribution in [0.15, 0.2) is 36.4 Å². The predicted octanol–water partition coefficient (Wildman–Crippen LogP) is 7.41. The molecule has 0 bridgehead atoms. The van der Waals surface area contributed by atoms with Gasteiger partial charge in [0.25, 0.3) is 0 Å². The van der Waals surface area contributed by atoms with Gasteiger partial charge in [-0.3, -0.25) is 4.79 Å². The maximum absolute atomic E-state index is 12.9. The SMILES string of the molecule is CCOC(=O)C(CC1CC1)c1cc(OCC(F)(F)F)c(Cl)c(-c2ccc(C(F)(F)F)cc2)c1. The van der Waals surface area contributed by atoms with Crippen molar-refractivity contribution in [2.24, 2.45) is 5.92 Å². The van der Waals surface area contributed by atoms with E-state index in [0.717, 1.165) is 25.0 Å². The first-order chi connectivity index (χ1) is 15.4. The van der Waals surface area contributed by atoms with Crippen LogP contribution >= 0.6 is 11.6 Å². The van der Waals surface area contributed by atoms with E-state index >= 15 is 0 Å². The van der Waals surface area contributed by atoms with Gasteiger partial charge >= 0.3 is 18.3 Å². The van der Waals surface area contributed by atoms with Crippen LogP contribution in [0.4, 0.5) is 26.3 Å². The number of halogens is 7. The fourth-order valence-electron chi connectivity index (χ4n) is 3.43. The summed E-state index contributed by atoms with van der Waals surface area (Å²) >= 11 is 6.31. The van der Waals surface area contributed by atoms with Crippen LogP contribution in [0.5, 0.6) is 5.75 Å². The highest BCUT2D eigenvalue weighted by atomic mass is 35.5. The standard InChI is InChI=1S/C23H21ClF6O3/c1-2-32-21(31)18(9-13-3-4-13)15-10-17(14-5-7-16(8-6-14)23(28,29)30)20(24)19(11-15)33-12-22(25,26)27/h5-8,10-11,13,18H,2-4,9,12H2,1H3. The summed E-state index contributed by atoms with van der Waals surface area (Å²) in [4.78, 5) is 12.6. The number of carbonyl (C=O) groups excluding carboxylic acids is 1. The lowest BCUT2D eigenvalue weighted by molar-refractivity contribution is -0.153. The summed E-state index contributed by atoms with van der Waals surface area (Å²) in [6.07, 6.45) is -6.90. The topological polar surface area (TPSA) is 35.5 Å². The van der Waals surface area contributed by atoms with E-state index in [1.54, 1.807) is 6.92 Å². The summed E-state index contributed by atoms with van der Waals surface area (Å²) in [5, 5.41) is -0.197. The summed E-state index contributed by atoms with van der Waals surface area (Å²) in [7, 11) is 0. The summed E-state index contributed by atoms with van der Waals surface area (Å²) < 4.78 is 87.2. The molecule has 0 spiro atoms. The van der Waals surface area contributed by atoms with Crippen LogP contribution in [0.3, 0.4) is 0 Å². The third kappa shape index (κ3) is 6.79. The number of benzene rings is 2. The van der Waals surface area contributed by atoms with Gasteiger partial charge in [-0.25, -0.2) is 0 Å². The van der Waals surface area contributed by atoms with E-state index in [1.807, 2.05) is 0 Å². The first-order valence-corrected chi connectivity index (χ1v) is 10.6. The molecule has 0 amide bonds. The highest BCUT2D eigenvalue weighted by Gasteiger charge is 2.34. The Hall–Kier alpha value is -2.42. The first kappa shape index (κ1) is 25.2. The third-order valence-corrected chi connectivity index (χ3v) is 5.61. The summed E-state index contributed by atoms with van der Waals surface area (Å²) in [5.41, 5.74) is -0.159. The quantitative estimate of drug-likeness (QED) is 0.283. The Morgan fingerprint density at radius 1 is 1.09 bits per heavy atom. The van der Waals surface area contributed by atoms with E-state index in [9.17, 15) is 31.1 Å². The normalized spacial score (nSPS) is 15.3. The van der Waals surface area contributed by atoms with Crippen molar-refractivity contribution in [3.8, 4) is 16.9 Å². The molecule has 0 aliphatic heterocycles. The Morgan fingerprint density at radius 2 is 1.73 bits per heavy atom. The molecule has 1 unspecified atom stereocenters. The van der Waals surface area contributed by atoms with E-state index in [1.165, 1.54) is 24.3 Å². The number of carbonyl (C=O) groups is 1. The maximum atomic E-state index is 12.9. The molecule has 1 fully saturated rings. The zero-order valence-corrected chi connectivity index (χ0v) is 18.3. The Labute approximate surface area is 191 Å². The molecule has 33 heavy (non-hydrogen) atoms. The molecule has 1 aliphatic carbocycles. The molecule has 1 aliphatic rings. The molecule has 3 nitrogen and oxygen atoms in total. The average molecular weight is 495 g/mol. The van der Waals surface area contributed by atoms with E-state index in [2.05, 4.69) is 0 Å². The monoisotopic (exact) mass is 494 g/mol. The van der Waals surface area contributed by atoms with Crippen molar-refractivity contribution in [1.82, 2.24) is 0 Å². The van der Waals surface area contributed by atoms with Crippen molar-refractivity contribution < 1.29 is 40.6 Å².